The number of piperazine rings is 1. The van der Waals surface area contributed by atoms with Crippen molar-refractivity contribution in [1.29, 1.82) is 0 Å². The van der Waals surface area contributed by atoms with Gasteiger partial charge < -0.3 is 10.2 Å². The molecule has 2 rings (SSSR count). The van der Waals surface area contributed by atoms with Gasteiger partial charge >= 0.3 is 0 Å². The second-order valence-corrected chi connectivity index (χ2v) is 5.68. The van der Waals surface area contributed by atoms with Gasteiger partial charge in [0.1, 0.15) is 5.82 Å². The van der Waals surface area contributed by atoms with Crippen LogP contribution in [0.4, 0.5) is 10.1 Å². The molecule has 0 spiro atoms. The Labute approximate surface area is 109 Å². The molecule has 0 amide bonds. The Morgan fingerprint density at radius 3 is 2.89 bits per heavy atom. The molecule has 1 saturated heterocycles. The quantitative estimate of drug-likeness (QED) is 0.887. The molecule has 1 heterocycles. The summed E-state index contributed by atoms with van der Waals surface area (Å²) in [4.78, 5) is 2.16. The van der Waals surface area contributed by atoms with Crippen LogP contribution < -0.4 is 10.2 Å². The van der Waals surface area contributed by atoms with E-state index in [4.69, 9.17) is 0 Å². The highest BCUT2D eigenvalue weighted by Gasteiger charge is 2.21. The lowest BCUT2D eigenvalue weighted by Crippen LogP contribution is -2.51. The Hall–Kier alpha value is -1.09. The molecule has 1 atom stereocenters. The number of benzene rings is 1. The fourth-order valence-electron chi connectivity index (χ4n) is 2.64. The summed E-state index contributed by atoms with van der Waals surface area (Å²) < 4.78 is 14.0. The van der Waals surface area contributed by atoms with Gasteiger partial charge in [0.25, 0.3) is 0 Å². The van der Waals surface area contributed by atoms with E-state index >= 15 is 0 Å². The highest BCUT2D eigenvalue weighted by molar-refractivity contribution is 5.49. The topological polar surface area (TPSA) is 15.3 Å². The minimum Gasteiger partial charge on any atom is -0.366 e. The molecule has 2 nitrogen and oxygen atoms in total. The van der Waals surface area contributed by atoms with E-state index < -0.39 is 0 Å². The highest BCUT2D eigenvalue weighted by Crippen LogP contribution is 2.22. The predicted octanol–water partition coefficient (Wildman–Crippen LogP) is 2.96. The van der Waals surface area contributed by atoms with E-state index in [2.05, 4.69) is 24.1 Å². The Morgan fingerprint density at radius 2 is 2.22 bits per heavy atom. The van der Waals surface area contributed by atoms with Crippen LogP contribution in [0.3, 0.4) is 0 Å². The Morgan fingerprint density at radius 1 is 1.44 bits per heavy atom. The number of aryl methyl sites for hydroxylation is 1. The van der Waals surface area contributed by atoms with Gasteiger partial charge in [-0.2, -0.15) is 0 Å². The van der Waals surface area contributed by atoms with E-state index in [1.165, 1.54) is 0 Å². The zero-order valence-electron chi connectivity index (χ0n) is 11.5. The van der Waals surface area contributed by atoms with Crippen LogP contribution in [0.5, 0.6) is 0 Å². The fourth-order valence-corrected chi connectivity index (χ4v) is 2.64. The average molecular weight is 250 g/mol. The van der Waals surface area contributed by atoms with E-state index in [-0.39, 0.29) is 5.82 Å². The number of halogens is 1. The van der Waals surface area contributed by atoms with Gasteiger partial charge in [-0.05, 0) is 37.0 Å². The molecule has 1 aromatic rings. The standard InChI is InChI=1S/C15H23FN2/c1-11(2)8-13-10-18(7-6-17-13)15-5-4-12(3)9-14(15)16/h4-5,9,11,13,17H,6-8,10H2,1-3H3. The summed E-state index contributed by atoms with van der Waals surface area (Å²) in [6.45, 7) is 9.10. The van der Waals surface area contributed by atoms with Crippen molar-refractivity contribution >= 4 is 5.69 Å². The molecular weight excluding hydrogens is 227 g/mol. The molecule has 1 fully saturated rings. The van der Waals surface area contributed by atoms with Crippen LogP contribution in [-0.2, 0) is 0 Å². The number of nitrogens with zero attached hydrogens (tertiary/aromatic N) is 1. The first-order valence-electron chi connectivity index (χ1n) is 6.80. The van der Waals surface area contributed by atoms with Crippen molar-refractivity contribution in [1.82, 2.24) is 5.32 Å². The van der Waals surface area contributed by atoms with Crippen molar-refractivity contribution in [3.63, 3.8) is 0 Å². The van der Waals surface area contributed by atoms with Crippen LogP contribution in [-0.4, -0.2) is 25.7 Å². The molecular formula is C15H23FN2. The van der Waals surface area contributed by atoms with Gasteiger partial charge in [-0.25, -0.2) is 4.39 Å². The predicted molar refractivity (Wildman–Crippen MR) is 74.6 cm³/mol. The zero-order valence-corrected chi connectivity index (χ0v) is 11.5. The fraction of sp³-hybridized carbons (Fsp3) is 0.600. The molecule has 0 bridgehead atoms. The number of rotatable bonds is 3. The maximum Gasteiger partial charge on any atom is 0.146 e. The lowest BCUT2D eigenvalue weighted by molar-refractivity contribution is 0.386. The first kappa shape index (κ1) is 13.3. The zero-order chi connectivity index (χ0) is 13.1. The van der Waals surface area contributed by atoms with Gasteiger partial charge in [0.05, 0.1) is 5.69 Å². The van der Waals surface area contributed by atoms with Gasteiger partial charge in [0.15, 0.2) is 0 Å². The number of hydrogen-bond acceptors (Lipinski definition) is 2. The maximum absolute atomic E-state index is 14.0. The molecule has 18 heavy (non-hydrogen) atoms. The highest BCUT2D eigenvalue weighted by atomic mass is 19.1. The third kappa shape index (κ3) is 3.22. The SMILES string of the molecule is Cc1ccc(N2CCNC(CC(C)C)C2)c(F)c1. The summed E-state index contributed by atoms with van der Waals surface area (Å²) >= 11 is 0. The van der Waals surface area contributed by atoms with E-state index in [0.29, 0.717) is 12.0 Å². The largest absolute Gasteiger partial charge is 0.366 e. The van der Waals surface area contributed by atoms with Crippen LogP contribution in [0.25, 0.3) is 0 Å². The summed E-state index contributed by atoms with van der Waals surface area (Å²) in [6.07, 6.45) is 1.14. The number of nitrogens with one attached hydrogen (secondary N) is 1. The van der Waals surface area contributed by atoms with Crippen LogP contribution >= 0.6 is 0 Å². The number of hydrogen-bond donors (Lipinski definition) is 1. The Balaban J connectivity index is 2.08. The first-order valence-corrected chi connectivity index (χ1v) is 6.80. The molecule has 0 saturated carbocycles. The Bertz CT molecular complexity index is 403. The monoisotopic (exact) mass is 250 g/mol. The van der Waals surface area contributed by atoms with Gasteiger partial charge in [0.2, 0.25) is 0 Å². The van der Waals surface area contributed by atoms with Crippen LogP contribution in [0.1, 0.15) is 25.8 Å². The van der Waals surface area contributed by atoms with Gasteiger partial charge in [-0.1, -0.05) is 19.9 Å². The van der Waals surface area contributed by atoms with Crippen LogP contribution in [0, 0.1) is 18.7 Å². The first-order chi connectivity index (χ1) is 8.56. The molecule has 0 aromatic heterocycles. The molecule has 3 heteroatoms. The van der Waals surface area contributed by atoms with E-state index in [0.717, 1.165) is 37.3 Å². The summed E-state index contributed by atoms with van der Waals surface area (Å²) in [6, 6.07) is 5.98. The van der Waals surface area contributed by atoms with Gasteiger partial charge in [-0.15, -0.1) is 0 Å². The van der Waals surface area contributed by atoms with Crippen LogP contribution in [0.15, 0.2) is 18.2 Å². The molecule has 1 aliphatic rings. The lowest BCUT2D eigenvalue weighted by atomic mass is 10.0. The minimum atomic E-state index is -0.0970. The summed E-state index contributed by atoms with van der Waals surface area (Å²) in [5.74, 6) is 0.575. The third-order valence-corrected chi connectivity index (χ3v) is 3.46. The van der Waals surface area contributed by atoms with E-state index in [1.807, 2.05) is 19.1 Å². The lowest BCUT2D eigenvalue weighted by Gasteiger charge is -2.36. The molecule has 1 aromatic carbocycles. The van der Waals surface area contributed by atoms with Crippen molar-refractivity contribution in [2.75, 3.05) is 24.5 Å². The summed E-state index contributed by atoms with van der Waals surface area (Å²) in [7, 11) is 0. The van der Waals surface area contributed by atoms with Crippen molar-refractivity contribution in [2.24, 2.45) is 5.92 Å². The van der Waals surface area contributed by atoms with E-state index in [1.54, 1.807) is 6.07 Å². The van der Waals surface area contributed by atoms with Crippen molar-refractivity contribution in [3.05, 3.63) is 29.6 Å². The average Bonchev–Trinajstić information content (AvgIpc) is 2.28. The Kier molecular flexibility index (Phi) is 4.23. The maximum atomic E-state index is 14.0. The minimum absolute atomic E-state index is 0.0970. The van der Waals surface area contributed by atoms with Crippen molar-refractivity contribution in [3.8, 4) is 0 Å². The summed E-state index contributed by atoms with van der Waals surface area (Å²) in [5.41, 5.74) is 1.72. The van der Waals surface area contributed by atoms with Crippen molar-refractivity contribution in [2.45, 2.75) is 33.2 Å². The van der Waals surface area contributed by atoms with Gasteiger partial charge in [-0.3, -0.25) is 0 Å². The molecule has 100 valence electrons. The molecule has 1 N–H and O–H groups in total. The second-order valence-electron chi connectivity index (χ2n) is 5.68. The number of anilines is 1. The molecule has 0 aliphatic carbocycles. The molecule has 1 unspecified atom stereocenters. The van der Waals surface area contributed by atoms with E-state index in [9.17, 15) is 4.39 Å². The summed E-state index contributed by atoms with van der Waals surface area (Å²) in [5, 5.41) is 3.52. The molecule has 0 radical (unpaired) electrons. The second kappa shape index (κ2) is 5.70. The third-order valence-electron chi connectivity index (χ3n) is 3.46. The molecule has 1 aliphatic heterocycles. The normalized spacial score (nSPS) is 20.5. The van der Waals surface area contributed by atoms with Crippen LogP contribution in [0.2, 0.25) is 0 Å². The van der Waals surface area contributed by atoms with Gasteiger partial charge in [0, 0.05) is 25.7 Å². The smallest absolute Gasteiger partial charge is 0.146 e. The van der Waals surface area contributed by atoms with Crippen molar-refractivity contribution < 1.29 is 4.39 Å².